The smallest absolute Gasteiger partial charge is 0.309 e. The molecule has 2 N–H and O–H groups in total. The van der Waals surface area contributed by atoms with E-state index < -0.39 is 11.4 Å². The first kappa shape index (κ1) is 17.8. The largest absolute Gasteiger partial charge is 0.497 e. The molecule has 2 aromatic rings. The predicted molar refractivity (Wildman–Crippen MR) is 93.2 cm³/mol. The molecule has 0 heterocycles. The number of carboxylic acids is 1. The van der Waals surface area contributed by atoms with Gasteiger partial charge in [0.25, 0.3) is 0 Å². The second kappa shape index (κ2) is 7.34. The summed E-state index contributed by atoms with van der Waals surface area (Å²) in [5, 5.41) is 13.9. The number of fused-ring (bicyclic) bond motifs is 1. The zero-order chi connectivity index (χ0) is 17.7. The molecule has 1 amide bonds. The monoisotopic (exact) mass is 329 g/mol. The fraction of sp³-hybridized carbons (Fsp3) is 0.368. The number of benzene rings is 2. The molecule has 0 bridgehead atoms. The third-order valence-corrected chi connectivity index (χ3v) is 4.18. The number of hydrogen-bond donors (Lipinski definition) is 2. The first-order valence-corrected chi connectivity index (χ1v) is 7.89. The molecule has 0 saturated carbocycles. The molecule has 0 saturated heterocycles. The van der Waals surface area contributed by atoms with Crippen molar-refractivity contribution in [2.24, 2.45) is 5.41 Å². The van der Waals surface area contributed by atoms with Gasteiger partial charge < -0.3 is 15.2 Å². The zero-order valence-electron chi connectivity index (χ0n) is 14.3. The van der Waals surface area contributed by atoms with Crippen LogP contribution in [0.15, 0.2) is 36.4 Å². The minimum Gasteiger partial charge on any atom is -0.497 e. The third-order valence-electron chi connectivity index (χ3n) is 4.18. The van der Waals surface area contributed by atoms with Gasteiger partial charge in [0.2, 0.25) is 5.91 Å². The number of ether oxygens (including phenoxy) is 1. The van der Waals surface area contributed by atoms with E-state index in [9.17, 15) is 9.59 Å². The summed E-state index contributed by atoms with van der Waals surface area (Å²) in [4.78, 5) is 23.2. The summed E-state index contributed by atoms with van der Waals surface area (Å²) in [6.45, 7) is 3.64. The maximum Gasteiger partial charge on any atom is 0.309 e. The van der Waals surface area contributed by atoms with Crippen LogP contribution < -0.4 is 10.1 Å². The molecule has 5 nitrogen and oxygen atoms in total. The molecular weight excluding hydrogens is 306 g/mol. The Balaban J connectivity index is 2.04. The van der Waals surface area contributed by atoms with Crippen LogP contribution in [0.25, 0.3) is 10.8 Å². The third kappa shape index (κ3) is 4.25. The number of rotatable bonds is 7. The van der Waals surface area contributed by atoms with E-state index in [2.05, 4.69) is 5.32 Å². The van der Waals surface area contributed by atoms with Gasteiger partial charge in [-0.05, 0) is 48.7 Å². The summed E-state index contributed by atoms with van der Waals surface area (Å²) >= 11 is 0. The maximum atomic E-state index is 12.2. The highest BCUT2D eigenvalue weighted by Gasteiger charge is 2.26. The lowest BCUT2D eigenvalue weighted by atomic mass is 9.89. The number of hydrogen-bond acceptors (Lipinski definition) is 3. The highest BCUT2D eigenvalue weighted by Crippen LogP contribution is 2.24. The molecule has 24 heavy (non-hydrogen) atoms. The molecular formula is C19H23NO4. The molecule has 0 aliphatic rings. The van der Waals surface area contributed by atoms with Crippen molar-refractivity contribution in [1.29, 1.82) is 0 Å². The number of methoxy groups -OCH3 is 1. The predicted octanol–water partition coefficient (Wildman–Crippen LogP) is 3.01. The average molecular weight is 329 g/mol. The van der Waals surface area contributed by atoms with Crippen molar-refractivity contribution in [2.45, 2.75) is 26.7 Å². The van der Waals surface area contributed by atoms with Gasteiger partial charge in [-0.25, -0.2) is 0 Å². The van der Waals surface area contributed by atoms with Gasteiger partial charge in [0.05, 0.1) is 18.9 Å². The van der Waals surface area contributed by atoms with E-state index >= 15 is 0 Å². The highest BCUT2D eigenvalue weighted by molar-refractivity contribution is 5.91. The van der Waals surface area contributed by atoms with Crippen LogP contribution in [-0.4, -0.2) is 30.6 Å². The molecule has 2 rings (SSSR count). The molecule has 0 aliphatic carbocycles. The first-order chi connectivity index (χ1) is 11.3. The van der Waals surface area contributed by atoms with Gasteiger partial charge >= 0.3 is 5.97 Å². The second-order valence-corrected chi connectivity index (χ2v) is 6.47. The van der Waals surface area contributed by atoms with E-state index in [0.29, 0.717) is 13.0 Å². The van der Waals surface area contributed by atoms with E-state index in [4.69, 9.17) is 9.84 Å². The van der Waals surface area contributed by atoms with Gasteiger partial charge in [-0.15, -0.1) is 0 Å². The van der Waals surface area contributed by atoms with Crippen LogP contribution in [0.4, 0.5) is 0 Å². The van der Waals surface area contributed by atoms with E-state index in [1.54, 1.807) is 21.0 Å². The summed E-state index contributed by atoms with van der Waals surface area (Å²) in [6.07, 6.45) is 0.634. The van der Waals surface area contributed by atoms with Crippen LogP contribution >= 0.6 is 0 Å². The number of carboxylic acid groups (broad SMARTS) is 1. The van der Waals surface area contributed by atoms with Crippen molar-refractivity contribution >= 4 is 22.6 Å². The molecule has 128 valence electrons. The summed E-state index contributed by atoms with van der Waals surface area (Å²) < 4.78 is 5.25. The molecule has 0 fully saturated rings. The van der Waals surface area contributed by atoms with E-state index in [-0.39, 0.29) is 12.3 Å². The van der Waals surface area contributed by atoms with E-state index in [1.165, 1.54) is 0 Å². The first-order valence-electron chi connectivity index (χ1n) is 7.89. The minimum atomic E-state index is -0.863. The molecule has 0 spiro atoms. The van der Waals surface area contributed by atoms with Gasteiger partial charge in [0.15, 0.2) is 0 Å². The van der Waals surface area contributed by atoms with Gasteiger partial charge in [-0.3, -0.25) is 9.59 Å². The molecule has 0 aliphatic heterocycles. The summed E-state index contributed by atoms with van der Waals surface area (Å²) in [6, 6.07) is 11.6. The van der Waals surface area contributed by atoms with Gasteiger partial charge in [-0.2, -0.15) is 0 Å². The van der Waals surface area contributed by atoms with Crippen molar-refractivity contribution in [1.82, 2.24) is 5.32 Å². The molecule has 0 radical (unpaired) electrons. The van der Waals surface area contributed by atoms with Crippen molar-refractivity contribution < 1.29 is 19.4 Å². The van der Waals surface area contributed by atoms with Crippen molar-refractivity contribution in [3.05, 3.63) is 42.0 Å². The fourth-order valence-electron chi connectivity index (χ4n) is 2.45. The number of nitrogens with one attached hydrogen (secondary N) is 1. The van der Waals surface area contributed by atoms with Crippen LogP contribution in [0, 0.1) is 5.41 Å². The summed E-state index contributed by atoms with van der Waals surface area (Å²) in [5.74, 6) is -0.233. The summed E-state index contributed by atoms with van der Waals surface area (Å²) in [7, 11) is 1.61. The number of aliphatic carboxylic acids is 1. The SMILES string of the molecule is COc1ccc2cccc(CC(=O)NCCC(C)(C)C(=O)O)c2c1. The van der Waals surface area contributed by atoms with Crippen LogP contribution in [0.2, 0.25) is 0 Å². The topological polar surface area (TPSA) is 75.6 Å². The number of carbonyl (C=O) groups excluding carboxylic acids is 1. The van der Waals surface area contributed by atoms with Gasteiger partial charge in [0, 0.05) is 6.54 Å². The van der Waals surface area contributed by atoms with Crippen LogP contribution in [-0.2, 0) is 16.0 Å². The normalized spacial score (nSPS) is 11.3. The van der Waals surface area contributed by atoms with Gasteiger partial charge in [-0.1, -0.05) is 24.3 Å². The maximum absolute atomic E-state index is 12.2. The highest BCUT2D eigenvalue weighted by atomic mass is 16.5. The van der Waals surface area contributed by atoms with Crippen LogP contribution in [0.3, 0.4) is 0 Å². The minimum absolute atomic E-state index is 0.119. The Bertz CT molecular complexity index is 752. The Morgan fingerprint density at radius 3 is 2.62 bits per heavy atom. The number of amides is 1. The average Bonchev–Trinajstić information content (AvgIpc) is 2.54. The van der Waals surface area contributed by atoms with Crippen LogP contribution in [0.1, 0.15) is 25.8 Å². The molecule has 0 unspecified atom stereocenters. The standard InChI is InChI=1S/C19H23NO4/c1-19(2,18(22)23)9-10-20-17(21)11-14-6-4-5-13-7-8-15(24-3)12-16(13)14/h4-8,12H,9-11H2,1-3H3,(H,20,21)(H,22,23). The van der Waals surface area contributed by atoms with Crippen molar-refractivity contribution in [3.63, 3.8) is 0 Å². The zero-order valence-corrected chi connectivity index (χ0v) is 14.3. The van der Waals surface area contributed by atoms with Crippen molar-refractivity contribution in [3.8, 4) is 5.75 Å². The number of carbonyl (C=O) groups is 2. The van der Waals surface area contributed by atoms with E-state index in [1.807, 2.05) is 36.4 Å². The molecule has 0 aromatic heterocycles. The Morgan fingerprint density at radius 2 is 1.96 bits per heavy atom. The molecule has 0 atom stereocenters. The lowest BCUT2D eigenvalue weighted by Gasteiger charge is -2.19. The molecule has 5 heteroatoms. The fourth-order valence-corrected chi connectivity index (χ4v) is 2.45. The van der Waals surface area contributed by atoms with E-state index in [0.717, 1.165) is 22.1 Å². The quantitative estimate of drug-likeness (QED) is 0.819. The molecule has 2 aromatic carbocycles. The Hall–Kier alpha value is -2.56. The lowest BCUT2D eigenvalue weighted by molar-refractivity contribution is -0.147. The Morgan fingerprint density at radius 1 is 1.21 bits per heavy atom. The Labute approximate surface area is 141 Å². The Kier molecular flexibility index (Phi) is 5.44. The lowest BCUT2D eigenvalue weighted by Crippen LogP contribution is -2.32. The summed E-state index contributed by atoms with van der Waals surface area (Å²) in [5.41, 5.74) is 0.0708. The van der Waals surface area contributed by atoms with Crippen LogP contribution in [0.5, 0.6) is 5.75 Å². The van der Waals surface area contributed by atoms with Gasteiger partial charge in [0.1, 0.15) is 5.75 Å². The second-order valence-electron chi connectivity index (χ2n) is 6.47. The van der Waals surface area contributed by atoms with Crippen molar-refractivity contribution in [2.75, 3.05) is 13.7 Å².